The van der Waals surface area contributed by atoms with Crippen LogP contribution in [0.2, 0.25) is 0 Å². The highest BCUT2D eigenvalue weighted by Gasteiger charge is 2.37. The Kier molecular flexibility index (Phi) is 7.86. The molecule has 0 bridgehead atoms. The van der Waals surface area contributed by atoms with Crippen LogP contribution in [0.5, 0.6) is 17.4 Å². The van der Waals surface area contributed by atoms with E-state index in [1.165, 1.54) is 19.2 Å². The Morgan fingerprint density at radius 3 is 2.71 bits per heavy atom. The van der Waals surface area contributed by atoms with Crippen molar-refractivity contribution in [1.29, 1.82) is 0 Å². The average Bonchev–Trinajstić information content (AvgIpc) is 3.31. The van der Waals surface area contributed by atoms with Crippen LogP contribution in [0.25, 0.3) is 0 Å². The second-order valence-electron chi connectivity index (χ2n) is 9.79. The van der Waals surface area contributed by atoms with Gasteiger partial charge in [0.2, 0.25) is 11.8 Å². The zero-order valence-electron chi connectivity index (χ0n) is 22.3. The normalized spacial score (nSPS) is 18.7. The Labute approximate surface area is 236 Å². The van der Waals surface area contributed by atoms with Crippen LogP contribution in [0, 0.1) is 5.82 Å². The van der Waals surface area contributed by atoms with E-state index in [2.05, 4.69) is 25.9 Å². The van der Waals surface area contributed by atoms with E-state index in [1.54, 1.807) is 18.0 Å². The number of rotatable bonds is 7. The quantitative estimate of drug-likeness (QED) is 0.350. The number of nitrogens with one attached hydrogen (secondary N) is 3. The molecule has 1 aromatic heterocycles. The van der Waals surface area contributed by atoms with Gasteiger partial charge >= 0.3 is 6.18 Å². The van der Waals surface area contributed by atoms with E-state index in [0.717, 1.165) is 12.1 Å². The first-order valence-electron chi connectivity index (χ1n) is 12.7. The second kappa shape index (κ2) is 11.4. The van der Waals surface area contributed by atoms with Gasteiger partial charge in [-0.2, -0.15) is 18.2 Å². The number of anilines is 2. The van der Waals surface area contributed by atoms with Crippen LogP contribution in [0.4, 0.5) is 33.6 Å². The predicted molar refractivity (Wildman–Crippen MR) is 139 cm³/mol. The van der Waals surface area contributed by atoms with Crippen molar-refractivity contribution in [3.8, 4) is 17.4 Å². The molecular formula is C27H25F5N6O4. The maximum Gasteiger partial charge on any atom is 0.423 e. The lowest BCUT2D eigenvalue weighted by atomic mass is 10.0. The summed E-state index contributed by atoms with van der Waals surface area (Å²) < 4.78 is 81.5. The smallest absolute Gasteiger partial charge is 0.423 e. The number of halogens is 5. The van der Waals surface area contributed by atoms with E-state index in [4.69, 9.17) is 9.47 Å². The fourth-order valence-electron chi connectivity index (χ4n) is 4.71. The van der Waals surface area contributed by atoms with Crippen LogP contribution in [0.3, 0.4) is 0 Å². The Balaban J connectivity index is 1.42. The van der Waals surface area contributed by atoms with Crippen LogP contribution in [0.15, 0.2) is 36.5 Å². The number of fused-ring (bicyclic) bond motifs is 1. The molecular weight excluding hydrogens is 567 g/mol. The highest BCUT2D eigenvalue weighted by atomic mass is 19.4. The van der Waals surface area contributed by atoms with Gasteiger partial charge in [-0.25, -0.2) is 13.8 Å². The van der Waals surface area contributed by atoms with Gasteiger partial charge in [0.25, 0.3) is 11.8 Å². The fraction of sp³-hybridized carbons (Fsp3) is 0.333. The van der Waals surface area contributed by atoms with Gasteiger partial charge in [-0.15, -0.1) is 0 Å². The largest absolute Gasteiger partial charge is 0.495 e. The summed E-state index contributed by atoms with van der Waals surface area (Å²) >= 11 is 0. The third-order valence-corrected chi connectivity index (χ3v) is 6.89. The van der Waals surface area contributed by atoms with Crippen LogP contribution in [0.1, 0.15) is 38.3 Å². The van der Waals surface area contributed by atoms with Gasteiger partial charge in [0.15, 0.2) is 0 Å². The number of carbonyl (C=O) groups is 2. The molecule has 222 valence electrons. The molecule has 15 heteroatoms. The first kappa shape index (κ1) is 29.0. The highest BCUT2D eigenvalue weighted by molar-refractivity contribution is 6.01. The fourth-order valence-corrected chi connectivity index (χ4v) is 4.71. The summed E-state index contributed by atoms with van der Waals surface area (Å²) in [7, 11) is 2.99. The molecule has 2 atom stereocenters. The molecule has 10 nitrogen and oxygen atoms in total. The maximum absolute atomic E-state index is 15.1. The number of methoxy groups -OCH3 is 1. The van der Waals surface area contributed by atoms with E-state index in [0.29, 0.717) is 24.7 Å². The minimum atomic E-state index is -4.90. The number of nitrogens with zero attached hydrogens (tertiary/aromatic N) is 3. The Bertz CT molecular complexity index is 1540. The van der Waals surface area contributed by atoms with Crippen LogP contribution in [-0.4, -0.2) is 66.1 Å². The molecule has 2 amide bonds. The van der Waals surface area contributed by atoms with Gasteiger partial charge in [0, 0.05) is 31.9 Å². The summed E-state index contributed by atoms with van der Waals surface area (Å²) in [6.07, 6.45) is -5.42. The van der Waals surface area contributed by atoms with Crippen LogP contribution < -0.4 is 25.4 Å². The zero-order chi connectivity index (χ0) is 30.2. The lowest BCUT2D eigenvalue weighted by Gasteiger charge is -2.32. The van der Waals surface area contributed by atoms with E-state index in [1.807, 2.05) is 0 Å². The van der Waals surface area contributed by atoms with E-state index < -0.39 is 59.0 Å². The number of benzene rings is 2. The molecule has 1 fully saturated rings. The minimum Gasteiger partial charge on any atom is -0.495 e. The number of hydrogen-bond donors (Lipinski definition) is 3. The molecule has 3 N–H and O–H groups in total. The average molecular weight is 593 g/mol. The summed E-state index contributed by atoms with van der Waals surface area (Å²) in [6, 6.07) is 5.64. The molecule has 5 rings (SSSR count). The monoisotopic (exact) mass is 592 g/mol. The van der Waals surface area contributed by atoms with Crippen molar-refractivity contribution >= 4 is 23.5 Å². The van der Waals surface area contributed by atoms with Crippen molar-refractivity contribution in [1.82, 2.24) is 25.5 Å². The number of aromatic nitrogens is 2. The van der Waals surface area contributed by atoms with Crippen LogP contribution >= 0.6 is 0 Å². The second-order valence-corrected chi connectivity index (χ2v) is 9.79. The number of hydrogen-bond acceptors (Lipinski definition) is 8. The van der Waals surface area contributed by atoms with Crippen molar-refractivity contribution in [2.24, 2.45) is 0 Å². The number of ether oxygens (including phenoxy) is 2. The summed E-state index contributed by atoms with van der Waals surface area (Å²) in [4.78, 5) is 34.3. The van der Waals surface area contributed by atoms with Gasteiger partial charge in [-0.3, -0.25) is 9.59 Å². The highest BCUT2D eigenvalue weighted by Crippen LogP contribution is 2.39. The SMILES string of the molecule is COc1cc(C(=O)N[C@@H]2CCN(C)C[C@@H]2F)c(F)cc1Nc1ncc(C(F)(F)F)c(Oc2cccc3c2C(=O)NC3)n1. The molecule has 0 spiro atoms. The van der Waals surface area contributed by atoms with Gasteiger partial charge in [-0.05, 0) is 31.2 Å². The third kappa shape index (κ3) is 5.91. The zero-order valence-corrected chi connectivity index (χ0v) is 22.3. The molecule has 3 aromatic rings. The molecule has 2 aliphatic heterocycles. The first-order valence-corrected chi connectivity index (χ1v) is 12.7. The third-order valence-electron chi connectivity index (χ3n) is 6.89. The predicted octanol–water partition coefficient (Wildman–Crippen LogP) is 4.19. The summed E-state index contributed by atoms with van der Waals surface area (Å²) in [5.74, 6) is -3.89. The summed E-state index contributed by atoms with van der Waals surface area (Å²) in [6.45, 7) is 0.872. The molecule has 2 aromatic carbocycles. The summed E-state index contributed by atoms with van der Waals surface area (Å²) in [5.41, 5.74) is -1.22. The van der Waals surface area contributed by atoms with Crippen molar-refractivity contribution in [3.63, 3.8) is 0 Å². The molecule has 0 radical (unpaired) electrons. The number of likely N-dealkylation sites (tertiary alicyclic amines) is 1. The topological polar surface area (TPSA) is 118 Å². The van der Waals surface area contributed by atoms with Gasteiger partial charge in [0.1, 0.15) is 29.1 Å². The lowest BCUT2D eigenvalue weighted by Crippen LogP contribution is -2.51. The standard InChI is InChI=1S/C27H25F5N6O4/c1-38-7-6-18(17(29)12-38)35-23(39)14-8-21(41-2)19(9-16(14)28)36-26-34-11-15(27(30,31)32)25(37-26)42-20-5-3-4-13-10-33-24(40)22(13)20/h3-5,8-9,11,17-18H,6-7,10,12H2,1-2H3,(H,33,40)(H,35,39)(H,34,36,37)/t17-,18+/m0/s1. The minimum absolute atomic E-state index is 0.0646. The van der Waals surface area contributed by atoms with Crippen molar-refractivity contribution in [3.05, 3.63) is 64.6 Å². The van der Waals surface area contributed by atoms with Gasteiger partial charge < -0.3 is 30.3 Å². The van der Waals surface area contributed by atoms with Crippen molar-refractivity contribution < 1.29 is 41.0 Å². The number of carbonyl (C=O) groups excluding carboxylic acids is 2. The van der Waals surface area contributed by atoms with Gasteiger partial charge in [-0.1, -0.05) is 12.1 Å². The molecule has 1 saturated heterocycles. The number of amides is 2. The summed E-state index contributed by atoms with van der Waals surface area (Å²) in [5, 5.41) is 7.66. The van der Waals surface area contributed by atoms with Crippen molar-refractivity contribution in [2.75, 3.05) is 32.6 Å². The molecule has 0 unspecified atom stereocenters. The lowest BCUT2D eigenvalue weighted by molar-refractivity contribution is -0.139. The molecule has 0 saturated carbocycles. The van der Waals surface area contributed by atoms with Crippen LogP contribution in [-0.2, 0) is 12.7 Å². The Morgan fingerprint density at radius 1 is 1.21 bits per heavy atom. The van der Waals surface area contributed by atoms with E-state index in [9.17, 15) is 27.2 Å². The Hall–Kier alpha value is -4.53. The van der Waals surface area contributed by atoms with E-state index >= 15 is 4.39 Å². The molecule has 42 heavy (non-hydrogen) atoms. The Morgan fingerprint density at radius 2 is 2.00 bits per heavy atom. The van der Waals surface area contributed by atoms with E-state index in [-0.39, 0.29) is 35.8 Å². The number of piperidine rings is 1. The molecule has 3 heterocycles. The molecule has 0 aliphatic carbocycles. The molecule has 2 aliphatic rings. The van der Waals surface area contributed by atoms with Gasteiger partial charge in [0.05, 0.1) is 30.0 Å². The first-order chi connectivity index (χ1) is 19.9. The van der Waals surface area contributed by atoms with Crippen molar-refractivity contribution in [2.45, 2.75) is 31.4 Å². The maximum atomic E-state index is 15.1. The number of alkyl halides is 4.